The third-order valence-corrected chi connectivity index (χ3v) is 4.91. The van der Waals surface area contributed by atoms with E-state index in [-0.39, 0.29) is 12.5 Å². The lowest BCUT2D eigenvalue weighted by molar-refractivity contribution is -0.118. The summed E-state index contributed by atoms with van der Waals surface area (Å²) in [4.78, 5) is 12.3. The molecule has 30 heavy (non-hydrogen) atoms. The van der Waals surface area contributed by atoms with Crippen molar-refractivity contribution in [3.05, 3.63) is 81.8 Å². The van der Waals surface area contributed by atoms with E-state index in [9.17, 15) is 4.79 Å². The van der Waals surface area contributed by atoms with Crippen LogP contribution in [0.3, 0.4) is 0 Å². The van der Waals surface area contributed by atoms with E-state index in [2.05, 4.69) is 10.6 Å². The lowest BCUT2D eigenvalue weighted by Gasteiger charge is -2.16. The van der Waals surface area contributed by atoms with E-state index < -0.39 is 0 Å². The fourth-order valence-electron chi connectivity index (χ4n) is 2.82. The van der Waals surface area contributed by atoms with Gasteiger partial charge in [0.05, 0.1) is 17.8 Å². The number of benzene rings is 3. The van der Waals surface area contributed by atoms with E-state index >= 15 is 0 Å². The number of nitrogens with one attached hydrogen (secondary N) is 2. The van der Waals surface area contributed by atoms with Gasteiger partial charge < -0.3 is 20.1 Å². The number of hydrogen-bond donors (Lipinski definition) is 2. The average Bonchev–Trinajstić information content (AvgIpc) is 2.73. The van der Waals surface area contributed by atoms with Gasteiger partial charge in [-0.1, -0.05) is 53.0 Å². The van der Waals surface area contributed by atoms with Crippen molar-refractivity contribution in [2.45, 2.75) is 13.5 Å². The van der Waals surface area contributed by atoms with Gasteiger partial charge in [0.1, 0.15) is 0 Å². The van der Waals surface area contributed by atoms with Crippen LogP contribution in [0, 0.1) is 6.92 Å². The number of carbonyl (C=O) groups is 1. The third kappa shape index (κ3) is 5.81. The summed E-state index contributed by atoms with van der Waals surface area (Å²) < 4.78 is 11.2. The highest BCUT2D eigenvalue weighted by Crippen LogP contribution is 2.33. The number of carbonyl (C=O) groups excluding carboxylic acids is 1. The second kappa shape index (κ2) is 10.2. The molecule has 156 valence electrons. The Morgan fingerprint density at radius 1 is 1.03 bits per heavy atom. The summed E-state index contributed by atoms with van der Waals surface area (Å²) in [5.41, 5.74) is 3.40. The first-order valence-electron chi connectivity index (χ1n) is 9.30. The van der Waals surface area contributed by atoms with Gasteiger partial charge >= 0.3 is 0 Å². The van der Waals surface area contributed by atoms with Crippen LogP contribution in [-0.2, 0) is 11.3 Å². The van der Waals surface area contributed by atoms with Gasteiger partial charge in [-0.3, -0.25) is 4.79 Å². The number of hydrogen-bond acceptors (Lipinski definition) is 4. The molecule has 3 aromatic carbocycles. The summed E-state index contributed by atoms with van der Waals surface area (Å²) in [6.45, 7) is 2.26. The van der Waals surface area contributed by atoms with Gasteiger partial charge in [-0.15, -0.1) is 0 Å². The van der Waals surface area contributed by atoms with Crippen LogP contribution in [0.4, 0.5) is 11.4 Å². The van der Waals surface area contributed by atoms with Crippen molar-refractivity contribution in [1.82, 2.24) is 0 Å². The summed E-state index contributed by atoms with van der Waals surface area (Å²) in [5.74, 6) is 0.778. The number of anilines is 2. The molecule has 0 radical (unpaired) electrons. The maximum absolute atomic E-state index is 12.3. The van der Waals surface area contributed by atoms with E-state index in [1.165, 1.54) is 0 Å². The molecular formula is C23H22Cl2N2O3. The first-order chi connectivity index (χ1) is 14.5. The second-order valence-corrected chi connectivity index (χ2v) is 7.47. The predicted molar refractivity (Wildman–Crippen MR) is 122 cm³/mol. The zero-order valence-corrected chi connectivity index (χ0v) is 18.2. The molecule has 0 aliphatic rings. The molecule has 5 nitrogen and oxygen atoms in total. The van der Waals surface area contributed by atoms with Crippen LogP contribution in [0.15, 0.2) is 60.7 Å². The van der Waals surface area contributed by atoms with Gasteiger partial charge in [0.15, 0.2) is 18.1 Å². The smallest absolute Gasteiger partial charge is 0.262 e. The number of para-hydroxylation sites is 1. The van der Waals surface area contributed by atoms with Crippen molar-refractivity contribution in [3.63, 3.8) is 0 Å². The topological polar surface area (TPSA) is 59.6 Å². The molecule has 0 spiro atoms. The molecule has 0 saturated heterocycles. The molecule has 0 aromatic heterocycles. The zero-order chi connectivity index (χ0) is 21.5. The number of aryl methyl sites for hydroxylation is 1. The molecule has 7 heteroatoms. The molecule has 1 amide bonds. The van der Waals surface area contributed by atoms with Gasteiger partial charge in [0, 0.05) is 22.8 Å². The summed E-state index contributed by atoms with van der Waals surface area (Å²) >= 11 is 12.2. The molecule has 0 atom stereocenters. The lowest BCUT2D eigenvalue weighted by atomic mass is 10.1. The van der Waals surface area contributed by atoms with E-state index in [1.807, 2.05) is 43.3 Å². The summed E-state index contributed by atoms with van der Waals surface area (Å²) in [6, 6.07) is 18.3. The third-order valence-electron chi connectivity index (χ3n) is 4.36. The minimum absolute atomic E-state index is 0.150. The van der Waals surface area contributed by atoms with Crippen molar-refractivity contribution < 1.29 is 14.3 Å². The Hall–Kier alpha value is -2.89. The van der Waals surface area contributed by atoms with Crippen molar-refractivity contribution in [1.29, 1.82) is 0 Å². The molecular weight excluding hydrogens is 423 g/mol. The highest BCUT2D eigenvalue weighted by atomic mass is 35.5. The lowest BCUT2D eigenvalue weighted by Crippen LogP contribution is -2.21. The maximum atomic E-state index is 12.3. The van der Waals surface area contributed by atoms with Gasteiger partial charge in [-0.05, 0) is 43.3 Å². The summed E-state index contributed by atoms with van der Waals surface area (Å²) in [7, 11) is 1.56. The Morgan fingerprint density at radius 3 is 2.50 bits per heavy atom. The summed E-state index contributed by atoms with van der Waals surface area (Å²) in [6.07, 6.45) is 0. The van der Waals surface area contributed by atoms with Crippen LogP contribution in [0.2, 0.25) is 10.0 Å². The largest absolute Gasteiger partial charge is 0.493 e. The minimum Gasteiger partial charge on any atom is -0.493 e. The Kier molecular flexibility index (Phi) is 7.44. The van der Waals surface area contributed by atoms with Crippen LogP contribution in [0.5, 0.6) is 11.5 Å². The van der Waals surface area contributed by atoms with Crippen molar-refractivity contribution in [3.8, 4) is 11.5 Å². The number of methoxy groups -OCH3 is 1. The van der Waals surface area contributed by atoms with Crippen LogP contribution in [0.1, 0.15) is 11.1 Å². The predicted octanol–water partition coefficient (Wildman–Crippen LogP) is 5.94. The van der Waals surface area contributed by atoms with Crippen LogP contribution < -0.4 is 20.1 Å². The van der Waals surface area contributed by atoms with Gasteiger partial charge in [-0.2, -0.15) is 0 Å². The average molecular weight is 445 g/mol. The fraction of sp³-hybridized carbons (Fsp3) is 0.174. The highest BCUT2D eigenvalue weighted by Gasteiger charge is 2.13. The minimum atomic E-state index is -0.260. The normalized spacial score (nSPS) is 10.4. The SMILES string of the molecule is COc1cccc(CNc2ccc(Cl)cc2Cl)c1OCC(=O)Nc1ccc(C)cc1. The molecule has 0 bridgehead atoms. The first kappa shape index (κ1) is 21.8. The van der Waals surface area contributed by atoms with Crippen LogP contribution >= 0.6 is 23.2 Å². The molecule has 0 unspecified atom stereocenters. The molecule has 0 heterocycles. The Labute approximate surface area is 185 Å². The second-order valence-electron chi connectivity index (χ2n) is 6.63. The fourth-order valence-corrected chi connectivity index (χ4v) is 3.30. The zero-order valence-electron chi connectivity index (χ0n) is 16.7. The van der Waals surface area contributed by atoms with Gasteiger partial charge in [0.25, 0.3) is 5.91 Å². The van der Waals surface area contributed by atoms with Crippen molar-refractivity contribution in [2.75, 3.05) is 24.4 Å². The number of ether oxygens (including phenoxy) is 2. The monoisotopic (exact) mass is 444 g/mol. The van der Waals surface area contributed by atoms with Gasteiger partial charge in [0.2, 0.25) is 0 Å². The molecule has 0 aliphatic heterocycles. The van der Waals surface area contributed by atoms with Crippen LogP contribution in [-0.4, -0.2) is 19.6 Å². The molecule has 0 aliphatic carbocycles. The summed E-state index contributed by atoms with van der Waals surface area (Å²) in [5, 5.41) is 7.15. The van der Waals surface area contributed by atoms with Gasteiger partial charge in [-0.25, -0.2) is 0 Å². The Balaban J connectivity index is 1.68. The number of rotatable bonds is 8. The van der Waals surface area contributed by atoms with E-state index in [0.29, 0.717) is 33.8 Å². The molecule has 0 saturated carbocycles. The molecule has 0 fully saturated rings. The van der Waals surface area contributed by atoms with E-state index in [4.69, 9.17) is 32.7 Å². The maximum Gasteiger partial charge on any atom is 0.262 e. The van der Waals surface area contributed by atoms with E-state index in [1.54, 1.807) is 31.4 Å². The molecule has 3 rings (SSSR count). The van der Waals surface area contributed by atoms with E-state index in [0.717, 1.165) is 16.8 Å². The molecule has 2 N–H and O–H groups in total. The quantitative estimate of drug-likeness (QED) is 0.451. The van der Waals surface area contributed by atoms with Crippen molar-refractivity contribution >= 4 is 40.5 Å². The first-order valence-corrected chi connectivity index (χ1v) is 10.1. The molecule has 3 aromatic rings. The Bertz CT molecular complexity index is 1020. The number of halogens is 2. The van der Waals surface area contributed by atoms with Crippen LogP contribution in [0.25, 0.3) is 0 Å². The van der Waals surface area contributed by atoms with Crippen molar-refractivity contribution in [2.24, 2.45) is 0 Å². The highest BCUT2D eigenvalue weighted by molar-refractivity contribution is 6.36. The standard InChI is InChI=1S/C23H22Cl2N2O3/c1-15-6-9-18(10-7-15)27-22(28)14-30-23-16(4-3-5-21(23)29-2)13-26-20-11-8-17(24)12-19(20)25/h3-12,26H,13-14H2,1-2H3,(H,27,28). The Morgan fingerprint density at radius 2 is 1.80 bits per heavy atom. The number of amides is 1.